The third kappa shape index (κ3) is 20.5. The summed E-state index contributed by atoms with van der Waals surface area (Å²) in [4.78, 5) is 61.8. The zero-order valence-electron chi connectivity index (χ0n) is 29.3. The van der Waals surface area contributed by atoms with Gasteiger partial charge in [0.15, 0.2) is 11.6 Å². The van der Waals surface area contributed by atoms with Crippen molar-refractivity contribution in [3.8, 4) is 5.75 Å². The number of anilines is 1. The van der Waals surface area contributed by atoms with Crippen LogP contribution < -0.4 is 32.2 Å². The molecule has 0 unspecified atom stereocenters. The molecule has 1 aromatic carbocycles. The molecule has 49 heavy (non-hydrogen) atoms. The predicted octanol–water partition coefficient (Wildman–Crippen LogP) is 1.82. The number of aliphatic hydroxyl groups excluding tert-OH is 1. The summed E-state index contributed by atoms with van der Waals surface area (Å²) in [5.41, 5.74) is 11.3. The minimum atomic E-state index is -0.775. The van der Waals surface area contributed by atoms with Gasteiger partial charge in [0.05, 0.1) is 39.1 Å². The zero-order valence-corrected chi connectivity index (χ0v) is 29.3. The predicted molar refractivity (Wildman–Crippen MR) is 184 cm³/mol. The summed E-state index contributed by atoms with van der Waals surface area (Å²) in [5, 5.41) is 17.7. The van der Waals surface area contributed by atoms with E-state index in [0.29, 0.717) is 83.1 Å². The molecule has 1 aromatic rings. The molecule has 0 bridgehead atoms. The molecule has 0 heterocycles. The van der Waals surface area contributed by atoms with Gasteiger partial charge >= 0.3 is 6.03 Å². The Morgan fingerprint density at radius 1 is 0.898 bits per heavy atom. The molecule has 8 N–H and O–H groups in total. The number of benzene rings is 1. The maximum Gasteiger partial charge on any atom is 0.312 e. The number of carbonyl (C=O) groups excluding carboxylic acids is 5. The van der Waals surface area contributed by atoms with E-state index in [9.17, 15) is 29.1 Å². The van der Waals surface area contributed by atoms with Crippen molar-refractivity contribution in [3.63, 3.8) is 0 Å². The fraction of sp³-hybridized carbons (Fsp3) is 0.676. The number of ketones is 2. The Hall–Kier alpha value is -3.63. The van der Waals surface area contributed by atoms with Crippen LogP contribution in [-0.2, 0) is 40.0 Å². The second-order valence-electron chi connectivity index (χ2n) is 12.0. The Labute approximate surface area is 289 Å². The van der Waals surface area contributed by atoms with Crippen molar-refractivity contribution in [2.75, 3.05) is 64.7 Å². The normalized spacial score (nSPS) is 12.3. The van der Waals surface area contributed by atoms with Gasteiger partial charge < -0.3 is 51.5 Å². The van der Waals surface area contributed by atoms with Crippen molar-refractivity contribution < 1.29 is 48.0 Å². The van der Waals surface area contributed by atoms with Gasteiger partial charge in [-0.2, -0.15) is 0 Å². The van der Waals surface area contributed by atoms with Gasteiger partial charge in [0.2, 0.25) is 11.8 Å². The van der Waals surface area contributed by atoms with E-state index in [1.54, 1.807) is 26.0 Å². The van der Waals surface area contributed by atoms with Crippen LogP contribution in [-0.4, -0.2) is 99.9 Å². The van der Waals surface area contributed by atoms with E-state index in [1.165, 1.54) is 13.0 Å². The molecule has 278 valence electrons. The fourth-order valence-corrected chi connectivity index (χ4v) is 4.72. The minimum absolute atomic E-state index is 0.127. The molecule has 0 fully saturated rings. The highest BCUT2D eigenvalue weighted by Gasteiger charge is 2.29. The minimum Gasteiger partial charge on any atom is -0.485 e. The lowest BCUT2D eigenvalue weighted by Gasteiger charge is -2.23. The van der Waals surface area contributed by atoms with Crippen LogP contribution >= 0.6 is 0 Å². The molecule has 0 aliphatic carbocycles. The quantitative estimate of drug-likeness (QED) is 0.0662. The fourth-order valence-electron chi connectivity index (χ4n) is 4.72. The first-order valence-corrected chi connectivity index (χ1v) is 16.9. The smallest absolute Gasteiger partial charge is 0.312 e. The number of ether oxygens (including phenoxy) is 4. The lowest BCUT2D eigenvalue weighted by Crippen LogP contribution is -2.44. The van der Waals surface area contributed by atoms with Crippen molar-refractivity contribution >= 4 is 35.1 Å². The first kappa shape index (κ1) is 43.4. The molecule has 4 amide bonds. The molecule has 0 radical (unpaired) electrons. The topological polar surface area (TPSA) is 231 Å². The Balaban J connectivity index is 2.64. The maximum atomic E-state index is 13.4. The van der Waals surface area contributed by atoms with Gasteiger partial charge in [0, 0.05) is 62.8 Å². The highest BCUT2D eigenvalue weighted by Crippen LogP contribution is 2.25. The highest BCUT2D eigenvalue weighted by molar-refractivity contribution is 5.97. The molecule has 15 nitrogen and oxygen atoms in total. The van der Waals surface area contributed by atoms with Gasteiger partial charge in [-0.15, -0.1) is 0 Å². The van der Waals surface area contributed by atoms with Crippen LogP contribution in [0.25, 0.3) is 0 Å². The molecule has 0 spiro atoms. The third-order valence-electron chi connectivity index (χ3n) is 7.34. The van der Waals surface area contributed by atoms with Crippen molar-refractivity contribution in [3.05, 3.63) is 23.8 Å². The summed E-state index contributed by atoms with van der Waals surface area (Å²) < 4.78 is 22.0. The SMILES string of the molecule is CC(=O)N[C@H](C(=O)C[C@@H](CCCNC(N)=O)C(=O)Nc1ccc(CO)c(OCC(=O)CCCCOCCOCCOCCCN)c1)C(C)C. The summed E-state index contributed by atoms with van der Waals surface area (Å²) in [6, 6.07) is 3.23. The van der Waals surface area contributed by atoms with Crippen LogP contribution in [0.1, 0.15) is 71.3 Å². The first-order valence-electron chi connectivity index (χ1n) is 16.9. The number of carbonyl (C=O) groups is 5. The summed E-state index contributed by atoms with van der Waals surface area (Å²) >= 11 is 0. The van der Waals surface area contributed by atoms with E-state index in [2.05, 4.69) is 16.0 Å². The Morgan fingerprint density at radius 2 is 1.55 bits per heavy atom. The Kier molecular flexibility index (Phi) is 23.3. The van der Waals surface area contributed by atoms with E-state index < -0.39 is 23.9 Å². The molecule has 0 aliphatic rings. The molecular weight excluding hydrogens is 638 g/mol. The number of nitrogens with two attached hydrogens (primary N) is 2. The van der Waals surface area contributed by atoms with Gasteiger partial charge in [0.25, 0.3) is 0 Å². The first-order chi connectivity index (χ1) is 23.5. The lowest BCUT2D eigenvalue weighted by molar-refractivity contribution is -0.130. The second kappa shape index (κ2) is 26.3. The number of amides is 4. The zero-order chi connectivity index (χ0) is 36.4. The van der Waals surface area contributed by atoms with Gasteiger partial charge in [-0.25, -0.2) is 4.79 Å². The van der Waals surface area contributed by atoms with Crippen LogP contribution in [0, 0.1) is 11.8 Å². The standard InChI is InChI=1S/C34H57N5O10/c1-24(2)32(38-25(3)41)30(43)20-26(8-6-13-37-34(36)45)33(44)39-28-11-10-27(22-40)31(21-28)49-23-29(42)9-4-5-14-46-16-18-48-19-17-47-15-7-12-35/h10-11,21,24,26,32,40H,4-9,12-20,22-23,35H2,1-3H3,(H,38,41)(H,39,44)(H3,36,37,45)/t26-,32+/m1/s1. The second-order valence-corrected chi connectivity index (χ2v) is 12.0. The molecular formula is C34H57N5O10. The van der Waals surface area contributed by atoms with E-state index in [-0.39, 0.29) is 61.7 Å². The summed E-state index contributed by atoms with van der Waals surface area (Å²) in [7, 11) is 0. The van der Waals surface area contributed by atoms with Crippen molar-refractivity contribution in [1.29, 1.82) is 0 Å². The third-order valence-corrected chi connectivity index (χ3v) is 7.34. The Bertz CT molecular complexity index is 1150. The average molecular weight is 696 g/mol. The van der Waals surface area contributed by atoms with Crippen molar-refractivity contribution in [2.24, 2.45) is 23.3 Å². The summed E-state index contributed by atoms with van der Waals surface area (Å²) in [5.74, 6) is -1.93. The number of primary amides is 1. The molecule has 0 saturated carbocycles. The number of Topliss-reactive ketones (excluding diaryl/α,β-unsaturated/α-hetero) is 2. The largest absolute Gasteiger partial charge is 0.485 e. The molecule has 0 aromatic heterocycles. The lowest BCUT2D eigenvalue weighted by atomic mass is 9.89. The molecule has 2 atom stereocenters. The average Bonchev–Trinajstić information content (AvgIpc) is 3.05. The number of rotatable bonds is 29. The van der Waals surface area contributed by atoms with Gasteiger partial charge in [0.1, 0.15) is 12.4 Å². The maximum absolute atomic E-state index is 13.4. The summed E-state index contributed by atoms with van der Waals surface area (Å²) in [6.45, 7) is 8.26. The number of hydrogen-bond donors (Lipinski definition) is 6. The van der Waals surface area contributed by atoms with Crippen molar-refractivity contribution in [2.45, 2.75) is 78.4 Å². The van der Waals surface area contributed by atoms with E-state index in [4.69, 9.17) is 30.4 Å². The highest BCUT2D eigenvalue weighted by atomic mass is 16.5. The van der Waals surface area contributed by atoms with Crippen LogP contribution in [0.3, 0.4) is 0 Å². The van der Waals surface area contributed by atoms with Gasteiger partial charge in [-0.1, -0.05) is 19.9 Å². The molecule has 0 aliphatic heterocycles. The van der Waals surface area contributed by atoms with E-state index in [1.807, 2.05) is 0 Å². The number of aliphatic hydroxyl groups is 1. The van der Waals surface area contributed by atoms with Crippen LogP contribution in [0.2, 0.25) is 0 Å². The number of nitrogens with one attached hydrogen (secondary N) is 3. The number of urea groups is 1. The van der Waals surface area contributed by atoms with Crippen LogP contribution in [0.15, 0.2) is 18.2 Å². The van der Waals surface area contributed by atoms with Gasteiger partial charge in [-0.05, 0) is 50.6 Å². The number of hydrogen-bond acceptors (Lipinski definition) is 11. The number of unbranched alkanes of at least 4 members (excludes halogenated alkanes) is 1. The van der Waals surface area contributed by atoms with E-state index >= 15 is 0 Å². The van der Waals surface area contributed by atoms with Crippen LogP contribution in [0.4, 0.5) is 10.5 Å². The molecule has 15 heteroatoms. The van der Waals surface area contributed by atoms with Gasteiger partial charge in [-0.3, -0.25) is 19.2 Å². The van der Waals surface area contributed by atoms with Crippen molar-refractivity contribution in [1.82, 2.24) is 10.6 Å². The van der Waals surface area contributed by atoms with E-state index in [0.717, 1.165) is 6.42 Å². The Morgan fingerprint density at radius 3 is 2.14 bits per heavy atom. The summed E-state index contributed by atoms with van der Waals surface area (Å²) in [6.07, 6.45) is 2.94. The van der Waals surface area contributed by atoms with Crippen LogP contribution in [0.5, 0.6) is 5.75 Å². The molecule has 1 rings (SSSR count). The monoisotopic (exact) mass is 695 g/mol. The molecule has 0 saturated heterocycles.